The lowest BCUT2D eigenvalue weighted by molar-refractivity contribution is 0.0950. The molecule has 108 valence electrons. The monoisotopic (exact) mass is 281 g/mol. The predicted molar refractivity (Wildman–Crippen MR) is 82.0 cm³/mol. The third-order valence-corrected chi connectivity index (χ3v) is 3.94. The summed E-state index contributed by atoms with van der Waals surface area (Å²) in [5.74, 6) is -0.0355. The minimum absolute atomic E-state index is 0.0355. The van der Waals surface area contributed by atoms with Crippen LogP contribution in [0.25, 0.3) is 0 Å². The van der Waals surface area contributed by atoms with Gasteiger partial charge in [-0.2, -0.15) is 0 Å². The lowest BCUT2D eigenvalue weighted by Crippen LogP contribution is -2.26. The largest absolute Gasteiger partial charge is 0.348 e. The number of pyridine rings is 1. The highest BCUT2D eigenvalue weighted by molar-refractivity contribution is 5.94. The highest BCUT2D eigenvalue weighted by atomic mass is 16.1. The van der Waals surface area contributed by atoms with E-state index in [9.17, 15) is 4.79 Å². The highest BCUT2D eigenvalue weighted by Gasteiger charge is 2.12. The Kier molecular flexibility index (Phi) is 3.97. The van der Waals surface area contributed by atoms with Gasteiger partial charge in [0.05, 0.1) is 0 Å². The van der Waals surface area contributed by atoms with Crippen LogP contribution in [0.3, 0.4) is 0 Å². The quantitative estimate of drug-likeness (QED) is 0.904. The molecule has 0 fully saturated rings. The zero-order valence-electron chi connectivity index (χ0n) is 12.1. The minimum atomic E-state index is -0.0355. The van der Waals surface area contributed by atoms with Crippen LogP contribution < -0.4 is 10.6 Å². The number of hydrogen-bond donors (Lipinski definition) is 2. The van der Waals surface area contributed by atoms with E-state index in [0.717, 1.165) is 36.2 Å². The first-order valence-electron chi connectivity index (χ1n) is 7.24. The molecule has 2 aromatic rings. The molecule has 0 radical (unpaired) electrons. The fourth-order valence-corrected chi connectivity index (χ4v) is 2.58. The molecule has 0 atom stereocenters. The fraction of sp³-hybridized carbons (Fsp3) is 0.294. The normalized spacial score (nSPS) is 13.6. The first-order chi connectivity index (χ1) is 10.2. The second-order valence-corrected chi connectivity index (χ2v) is 5.40. The van der Waals surface area contributed by atoms with Gasteiger partial charge in [-0.05, 0) is 60.3 Å². The lowest BCUT2D eigenvalue weighted by Gasteiger charge is -2.17. The topological polar surface area (TPSA) is 54.0 Å². The molecular formula is C17H19N3O. The number of aromatic nitrogens is 1. The van der Waals surface area contributed by atoms with Gasteiger partial charge < -0.3 is 10.6 Å². The maximum absolute atomic E-state index is 12.3. The van der Waals surface area contributed by atoms with Gasteiger partial charge in [-0.15, -0.1) is 0 Å². The number of carbonyl (C=O) groups is 1. The predicted octanol–water partition coefficient (Wildman–Crippen LogP) is 1.97. The summed E-state index contributed by atoms with van der Waals surface area (Å²) < 4.78 is 0. The Morgan fingerprint density at radius 3 is 3.10 bits per heavy atom. The SMILES string of the molecule is Cc1ccncc1CNC(=O)c1ccc2c(c1)CNCC2. The maximum atomic E-state index is 12.3. The minimum Gasteiger partial charge on any atom is -0.348 e. The Balaban J connectivity index is 1.69. The van der Waals surface area contributed by atoms with Crippen LogP contribution in [0.4, 0.5) is 0 Å². The molecule has 0 bridgehead atoms. The van der Waals surface area contributed by atoms with E-state index in [-0.39, 0.29) is 5.91 Å². The Bertz CT molecular complexity index is 667. The molecule has 0 unspecified atom stereocenters. The molecule has 1 aliphatic rings. The van der Waals surface area contributed by atoms with Crippen molar-refractivity contribution in [2.24, 2.45) is 0 Å². The summed E-state index contributed by atoms with van der Waals surface area (Å²) in [5.41, 5.74) is 5.48. The number of carbonyl (C=O) groups excluding carboxylic acids is 1. The number of hydrogen-bond acceptors (Lipinski definition) is 3. The van der Waals surface area contributed by atoms with Crippen molar-refractivity contribution in [1.82, 2.24) is 15.6 Å². The molecule has 4 nitrogen and oxygen atoms in total. The van der Waals surface area contributed by atoms with Crippen molar-refractivity contribution >= 4 is 5.91 Å². The van der Waals surface area contributed by atoms with Gasteiger partial charge in [0.2, 0.25) is 0 Å². The van der Waals surface area contributed by atoms with E-state index in [1.807, 2.05) is 25.1 Å². The van der Waals surface area contributed by atoms with Gasteiger partial charge in [0.15, 0.2) is 0 Å². The van der Waals surface area contributed by atoms with Gasteiger partial charge in [0, 0.05) is 31.0 Å². The molecule has 0 spiro atoms. The van der Waals surface area contributed by atoms with E-state index in [2.05, 4.69) is 21.7 Å². The summed E-state index contributed by atoms with van der Waals surface area (Å²) in [7, 11) is 0. The highest BCUT2D eigenvalue weighted by Crippen LogP contribution is 2.16. The molecule has 2 N–H and O–H groups in total. The summed E-state index contributed by atoms with van der Waals surface area (Å²) in [6, 6.07) is 7.93. The number of rotatable bonds is 3. The van der Waals surface area contributed by atoms with E-state index in [1.165, 1.54) is 11.1 Å². The van der Waals surface area contributed by atoms with Crippen LogP contribution in [0, 0.1) is 6.92 Å². The second-order valence-electron chi connectivity index (χ2n) is 5.40. The van der Waals surface area contributed by atoms with E-state index in [4.69, 9.17) is 0 Å². The Morgan fingerprint density at radius 2 is 2.24 bits per heavy atom. The number of nitrogens with zero attached hydrogens (tertiary/aromatic N) is 1. The molecule has 1 aliphatic heterocycles. The second kappa shape index (κ2) is 6.06. The Labute approximate surface area is 124 Å². The zero-order valence-corrected chi connectivity index (χ0v) is 12.1. The summed E-state index contributed by atoms with van der Waals surface area (Å²) in [4.78, 5) is 16.4. The summed E-state index contributed by atoms with van der Waals surface area (Å²) in [6.45, 7) is 4.39. The van der Waals surface area contributed by atoms with E-state index in [0.29, 0.717) is 6.54 Å². The van der Waals surface area contributed by atoms with Crippen LogP contribution in [-0.4, -0.2) is 17.4 Å². The van der Waals surface area contributed by atoms with E-state index >= 15 is 0 Å². The molecule has 3 rings (SSSR count). The van der Waals surface area contributed by atoms with Gasteiger partial charge in [0.25, 0.3) is 5.91 Å². The molecule has 1 aromatic heterocycles. The van der Waals surface area contributed by atoms with Crippen molar-refractivity contribution in [1.29, 1.82) is 0 Å². The molecule has 1 aromatic carbocycles. The van der Waals surface area contributed by atoms with Crippen molar-refractivity contribution in [3.05, 3.63) is 64.5 Å². The van der Waals surface area contributed by atoms with Crippen LogP contribution in [-0.2, 0) is 19.5 Å². The number of amides is 1. The molecule has 1 amide bonds. The lowest BCUT2D eigenvalue weighted by atomic mass is 9.98. The summed E-state index contributed by atoms with van der Waals surface area (Å²) in [6.07, 6.45) is 4.59. The Morgan fingerprint density at radius 1 is 1.33 bits per heavy atom. The van der Waals surface area contributed by atoms with Crippen LogP contribution in [0.1, 0.15) is 32.6 Å². The van der Waals surface area contributed by atoms with E-state index < -0.39 is 0 Å². The number of aryl methyl sites for hydroxylation is 1. The van der Waals surface area contributed by atoms with Crippen molar-refractivity contribution < 1.29 is 4.79 Å². The third kappa shape index (κ3) is 3.11. The molecule has 2 heterocycles. The van der Waals surface area contributed by atoms with Gasteiger partial charge >= 0.3 is 0 Å². The first kappa shape index (κ1) is 13.8. The van der Waals surface area contributed by atoms with Crippen molar-refractivity contribution in [2.75, 3.05) is 6.54 Å². The van der Waals surface area contributed by atoms with E-state index in [1.54, 1.807) is 12.4 Å². The zero-order chi connectivity index (χ0) is 14.7. The van der Waals surface area contributed by atoms with Crippen LogP contribution in [0.15, 0.2) is 36.7 Å². The average Bonchev–Trinajstić information content (AvgIpc) is 2.53. The number of nitrogens with one attached hydrogen (secondary N) is 2. The van der Waals surface area contributed by atoms with Crippen molar-refractivity contribution in [3.8, 4) is 0 Å². The number of benzene rings is 1. The van der Waals surface area contributed by atoms with Gasteiger partial charge in [0.1, 0.15) is 0 Å². The third-order valence-electron chi connectivity index (χ3n) is 3.94. The standard InChI is InChI=1S/C17H19N3O/c1-12-4-6-18-10-16(12)11-20-17(21)14-3-2-13-5-7-19-9-15(13)8-14/h2-4,6,8,10,19H,5,7,9,11H2,1H3,(H,20,21). The molecule has 0 saturated carbocycles. The molecule has 21 heavy (non-hydrogen) atoms. The maximum Gasteiger partial charge on any atom is 0.251 e. The van der Waals surface area contributed by atoms with Crippen LogP contribution in [0.2, 0.25) is 0 Å². The van der Waals surface area contributed by atoms with Crippen molar-refractivity contribution in [2.45, 2.75) is 26.4 Å². The summed E-state index contributed by atoms with van der Waals surface area (Å²) >= 11 is 0. The van der Waals surface area contributed by atoms with Crippen LogP contribution in [0.5, 0.6) is 0 Å². The first-order valence-corrected chi connectivity index (χ1v) is 7.24. The van der Waals surface area contributed by atoms with Gasteiger partial charge in [-0.3, -0.25) is 9.78 Å². The van der Waals surface area contributed by atoms with Gasteiger partial charge in [-0.25, -0.2) is 0 Å². The molecular weight excluding hydrogens is 262 g/mol. The van der Waals surface area contributed by atoms with Crippen LogP contribution >= 0.6 is 0 Å². The fourth-order valence-electron chi connectivity index (χ4n) is 2.58. The number of fused-ring (bicyclic) bond motifs is 1. The summed E-state index contributed by atoms with van der Waals surface area (Å²) in [5, 5.41) is 6.30. The van der Waals surface area contributed by atoms with Crippen molar-refractivity contribution in [3.63, 3.8) is 0 Å². The molecule has 0 saturated heterocycles. The Hall–Kier alpha value is -2.20. The molecule has 4 heteroatoms. The smallest absolute Gasteiger partial charge is 0.251 e. The van der Waals surface area contributed by atoms with Gasteiger partial charge in [-0.1, -0.05) is 6.07 Å². The average molecular weight is 281 g/mol. The molecule has 0 aliphatic carbocycles.